The normalized spacial score (nSPS) is 18.4. The van der Waals surface area contributed by atoms with Gasteiger partial charge in [-0.2, -0.15) is 0 Å². The molecule has 2 aliphatic rings. The number of carbonyl (C=O) groups is 2. The summed E-state index contributed by atoms with van der Waals surface area (Å²) in [6, 6.07) is 9.55. The number of likely N-dealkylation sites (tertiary alicyclic amines) is 1. The van der Waals surface area contributed by atoms with Gasteiger partial charge in [0.15, 0.2) is 23.0 Å². The molecule has 37 heavy (non-hydrogen) atoms. The van der Waals surface area contributed by atoms with Crippen molar-refractivity contribution in [2.75, 3.05) is 53.6 Å². The van der Waals surface area contributed by atoms with Crippen molar-refractivity contribution in [1.29, 1.82) is 0 Å². The molecule has 1 fully saturated rings. The largest absolute Gasteiger partial charge is 0.507 e. The Morgan fingerprint density at radius 1 is 1.03 bits per heavy atom. The molecular formula is C28H34N2O7. The lowest BCUT2D eigenvalue weighted by Gasteiger charge is -2.27. The Morgan fingerprint density at radius 3 is 2.49 bits per heavy atom. The molecule has 0 spiro atoms. The molecule has 1 amide bonds. The van der Waals surface area contributed by atoms with Crippen LogP contribution in [0.5, 0.6) is 23.0 Å². The number of carbonyl (C=O) groups excluding carboxylic acids is 2. The SMILES string of the molecule is CCCOc1ccc(C2/C(=C(/O)c3ccc4c(c3)OCCO4)C(=O)C(=O)N2CCN(C)C)cc1OCC. The van der Waals surface area contributed by atoms with Gasteiger partial charge in [-0.25, -0.2) is 0 Å². The summed E-state index contributed by atoms with van der Waals surface area (Å²) in [4.78, 5) is 30.0. The van der Waals surface area contributed by atoms with Crippen molar-refractivity contribution < 1.29 is 33.6 Å². The number of Topliss-reactive ketones (excluding diaryl/α,β-unsaturated/α-hetero) is 1. The molecule has 1 N–H and O–H groups in total. The molecular weight excluding hydrogens is 476 g/mol. The number of likely N-dealkylation sites (N-methyl/N-ethyl adjacent to an activating group) is 1. The van der Waals surface area contributed by atoms with E-state index in [0.29, 0.717) is 73.6 Å². The number of aliphatic hydroxyl groups excluding tert-OH is 1. The summed E-state index contributed by atoms with van der Waals surface area (Å²) in [5.41, 5.74) is 1.03. The first-order valence-electron chi connectivity index (χ1n) is 12.6. The minimum absolute atomic E-state index is 0.0186. The molecule has 0 bridgehead atoms. The Morgan fingerprint density at radius 2 is 1.78 bits per heavy atom. The van der Waals surface area contributed by atoms with Crippen LogP contribution in [-0.4, -0.2) is 80.2 Å². The van der Waals surface area contributed by atoms with Crippen LogP contribution in [0.15, 0.2) is 42.0 Å². The van der Waals surface area contributed by atoms with Crippen LogP contribution >= 0.6 is 0 Å². The molecule has 9 nitrogen and oxygen atoms in total. The molecule has 0 saturated carbocycles. The van der Waals surface area contributed by atoms with Gasteiger partial charge < -0.3 is 33.9 Å². The monoisotopic (exact) mass is 510 g/mol. The Labute approximate surface area is 217 Å². The average molecular weight is 511 g/mol. The zero-order chi connectivity index (χ0) is 26.5. The van der Waals surface area contributed by atoms with Crippen molar-refractivity contribution in [2.45, 2.75) is 26.3 Å². The number of fused-ring (bicyclic) bond motifs is 1. The third kappa shape index (κ3) is 5.51. The number of hydrogen-bond donors (Lipinski definition) is 1. The molecule has 9 heteroatoms. The van der Waals surface area contributed by atoms with Gasteiger partial charge in [0.2, 0.25) is 0 Å². The molecule has 2 heterocycles. The molecule has 1 unspecified atom stereocenters. The summed E-state index contributed by atoms with van der Waals surface area (Å²) >= 11 is 0. The lowest BCUT2D eigenvalue weighted by atomic mass is 9.94. The third-order valence-electron chi connectivity index (χ3n) is 6.19. The fraction of sp³-hybridized carbons (Fsp3) is 0.429. The molecule has 2 aromatic rings. The molecule has 0 aromatic heterocycles. The molecule has 4 rings (SSSR count). The van der Waals surface area contributed by atoms with Crippen LogP contribution in [0.25, 0.3) is 5.76 Å². The Bertz CT molecular complexity index is 1190. The highest BCUT2D eigenvalue weighted by molar-refractivity contribution is 6.46. The molecule has 1 atom stereocenters. The van der Waals surface area contributed by atoms with E-state index in [1.54, 1.807) is 30.3 Å². The fourth-order valence-corrected chi connectivity index (χ4v) is 4.41. The molecule has 198 valence electrons. The predicted molar refractivity (Wildman–Crippen MR) is 138 cm³/mol. The first kappa shape index (κ1) is 26.3. The number of aliphatic hydroxyl groups is 1. The van der Waals surface area contributed by atoms with E-state index in [2.05, 4.69) is 0 Å². The van der Waals surface area contributed by atoms with E-state index in [1.165, 1.54) is 4.90 Å². The molecule has 0 aliphatic carbocycles. The van der Waals surface area contributed by atoms with Gasteiger partial charge in [-0.15, -0.1) is 0 Å². The van der Waals surface area contributed by atoms with Gasteiger partial charge in [0.05, 0.1) is 24.8 Å². The molecule has 0 radical (unpaired) electrons. The smallest absolute Gasteiger partial charge is 0.295 e. The molecule has 1 saturated heterocycles. The summed E-state index contributed by atoms with van der Waals surface area (Å²) in [5.74, 6) is 0.489. The maximum absolute atomic E-state index is 13.3. The lowest BCUT2D eigenvalue weighted by molar-refractivity contribution is -0.140. The van der Waals surface area contributed by atoms with Crippen molar-refractivity contribution >= 4 is 17.4 Å². The van der Waals surface area contributed by atoms with Crippen molar-refractivity contribution in [1.82, 2.24) is 9.80 Å². The van der Waals surface area contributed by atoms with Gasteiger partial charge in [-0.05, 0) is 63.3 Å². The van der Waals surface area contributed by atoms with E-state index in [4.69, 9.17) is 18.9 Å². The fourth-order valence-electron chi connectivity index (χ4n) is 4.41. The quantitative estimate of drug-likeness (QED) is 0.294. The van der Waals surface area contributed by atoms with Crippen LogP contribution in [0.3, 0.4) is 0 Å². The second kappa shape index (κ2) is 11.6. The van der Waals surface area contributed by atoms with Crippen molar-refractivity contribution in [3.05, 3.63) is 53.1 Å². The number of benzene rings is 2. The van der Waals surface area contributed by atoms with Crippen molar-refractivity contribution in [2.24, 2.45) is 0 Å². The van der Waals surface area contributed by atoms with Crippen LogP contribution < -0.4 is 18.9 Å². The van der Waals surface area contributed by atoms with Gasteiger partial charge >= 0.3 is 0 Å². The highest BCUT2D eigenvalue weighted by Gasteiger charge is 2.46. The van der Waals surface area contributed by atoms with Gasteiger partial charge in [-0.1, -0.05) is 13.0 Å². The highest BCUT2D eigenvalue weighted by atomic mass is 16.6. The lowest BCUT2D eigenvalue weighted by Crippen LogP contribution is -2.35. The van der Waals surface area contributed by atoms with Gasteiger partial charge in [0, 0.05) is 18.7 Å². The van der Waals surface area contributed by atoms with Crippen LogP contribution in [0.1, 0.15) is 37.4 Å². The van der Waals surface area contributed by atoms with Crippen LogP contribution in [0.4, 0.5) is 0 Å². The maximum Gasteiger partial charge on any atom is 0.295 e. The minimum Gasteiger partial charge on any atom is -0.507 e. The average Bonchev–Trinajstić information content (AvgIpc) is 3.15. The Kier molecular flexibility index (Phi) is 8.23. The van der Waals surface area contributed by atoms with E-state index in [1.807, 2.05) is 38.9 Å². The van der Waals surface area contributed by atoms with Gasteiger partial charge in [0.1, 0.15) is 19.0 Å². The summed E-state index contributed by atoms with van der Waals surface area (Å²) in [6.07, 6.45) is 0.841. The predicted octanol–water partition coefficient (Wildman–Crippen LogP) is 3.63. The number of hydrogen-bond acceptors (Lipinski definition) is 8. The summed E-state index contributed by atoms with van der Waals surface area (Å²) < 4.78 is 22.9. The second-order valence-corrected chi connectivity index (χ2v) is 9.14. The molecule has 2 aliphatic heterocycles. The number of amides is 1. The highest BCUT2D eigenvalue weighted by Crippen LogP contribution is 2.43. The first-order valence-corrected chi connectivity index (χ1v) is 12.6. The topological polar surface area (TPSA) is 97.8 Å². The van der Waals surface area contributed by atoms with E-state index in [0.717, 1.165) is 6.42 Å². The standard InChI is InChI=1S/C28H34N2O7/c1-5-13-35-20-9-7-18(16-22(20)34-6-2)25-24(27(32)28(33)30(25)12-11-29(3)4)26(31)19-8-10-21-23(17-19)37-15-14-36-21/h7-10,16-17,25,31H,5-6,11-15H2,1-4H3/b26-24-. The number of ketones is 1. The van der Waals surface area contributed by atoms with Crippen LogP contribution in [0.2, 0.25) is 0 Å². The summed E-state index contributed by atoms with van der Waals surface area (Å²) in [7, 11) is 3.79. The third-order valence-corrected chi connectivity index (χ3v) is 6.19. The van der Waals surface area contributed by atoms with E-state index >= 15 is 0 Å². The van der Waals surface area contributed by atoms with Crippen molar-refractivity contribution in [3.8, 4) is 23.0 Å². The Balaban J connectivity index is 1.82. The number of nitrogens with zero attached hydrogens (tertiary/aromatic N) is 2. The number of rotatable bonds is 10. The first-order chi connectivity index (χ1) is 17.8. The second-order valence-electron chi connectivity index (χ2n) is 9.14. The Hall–Kier alpha value is -3.72. The van der Waals surface area contributed by atoms with Gasteiger partial charge in [-0.3, -0.25) is 9.59 Å². The van der Waals surface area contributed by atoms with Crippen LogP contribution in [-0.2, 0) is 9.59 Å². The minimum atomic E-state index is -0.799. The molecule has 2 aromatic carbocycles. The van der Waals surface area contributed by atoms with Crippen LogP contribution in [0, 0.1) is 0 Å². The maximum atomic E-state index is 13.3. The van der Waals surface area contributed by atoms with E-state index in [9.17, 15) is 14.7 Å². The van der Waals surface area contributed by atoms with E-state index in [-0.39, 0.29) is 11.3 Å². The zero-order valence-corrected chi connectivity index (χ0v) is 21.8. The number of ether oxygens (including phenoxy) is 4. The zero-order valence-electron chi connectivity index (χ0n) is 21.8. The van der Waals surface area contributed by atoms with Crippen molar-refractivity contribution in [3.63, 3.8) is 0 Å². The summed E-state index contributed by atoms with van der Waals surface area (Å²) in [6.45, 7) is 6.52. The van der Waals surface area contributed by atoms with E-state index < -0.39 is 17.7 Å². The van der Waals surface area contributed by atoms with Gasteiger partial charge in [0.25, 0.3) is 11.7 Å². The summed E-state index contributed by atoms with van der Waals surface area (Å²) in [5, 5.41) is 11.4.